The summed E-state index contributed by atoms with van der Waals surface area (Å²) in [7, 11) is 0. The van der Waals surface area contributed by atoms with Crippen LogP contribution >= 0.6 is 31.9 Å². The van der Waals surface area contributed by atoms with Gasteiger partial charge in [-0.15, -0.1) is 0 Å². The van der Waals surface area contributed by atoms with Crippen LogP contribution in [0, 0.1) is 27.7 Å². The summed E-state index contributed by atoms with van der Waals surface area (Å²) in [4.78, 5) is 32.4. The quantitative estimate of drug-likeness (QED) is 0.274. The van der Waals surface area contributed by atoms with Crippen LogP contribution in [-0.4, -0.2) is 34.9 Å². The van der Waals surface area contributed by atoms with Crippen molar-refractivity contribution in [3.63, 3.8) is 0 Å². The molecular formula is C25H26Br2N6O. The van der Waals surface area contributed by atoms with Crippen molar-refractivity contribution in [1.82, 2.24) is 29.1 Å². The standard InChI is InChI=1S/C25H26Br2N6O/c1-15-9-28-17(3)32(15)13-21(23-7-5-19(26)11-30-23)25(34)22(24-8-6-20(27)12-31-24)14-33-16(2)10-29-18(33)4/h5-12,21-22H,13-14H2,1-4H3. The number of ketones is 1. The molecule has 0 N–H and O–H groups in total. The molecule has 0 amide bonds. The lowest BCUT2D eigenvalue weighted by Gasteiger charge is -2.25. The summed E-state index contributed by atoms with van der Waals surface area (Å²) in [5, 5.41) is 0. The molecule has 176 valence electrons. The van der Waals surface area contributed by atoms with Crippen molar-refractivity contribution in [3.05, 3.63) is 92.4 Å². The SMILES string of the molecule is Cc1cnc(C)n1CC(C(=O)C(Cn1c(C)cnc1C)c1ccc(Br)cn1)c1ccc(Br)cn1. The molecule has 0 aliphatic heterocycles. The maximum absolute atomic E-state index is 14.3. The Labute approximate surface area is 216 Å². The number of Topliss-reactive ketones (excluding diaryl/α,β-unsaturated/α-hetero) is 1. The maximum atomic E-state index is 14.3. The van der Waals surface area contributed by atoms with Crippen LogP contribution in [0.1, 0.15) is 46.3 Å². The molecule has 4 heterocycles. The van der Waals surface area contributed by atoms with Gasteiger partial charge in [-0.2, -0.15) is 0 Å². The van der Waals surface area contributed by atoms with E-state index < -0.39 is 11.8 Å². The summed E-state index contributed by atoms with van der Waals surface area (Å²) in [5.41, 5.74) is 3.46. The van der Waals surface area contributed by atoms with E-state index in [1.807, 2.05) is 64.4 Å². The predicted molar refractivity (Wildman–Crippen MR) is 138 cm³/mol. The Balaban J connectivity index is 1.79. The van der Waals surface area contributed by atoms with Crippen molar-refractivity contribution in [2.75, 3.05) is 0 Å². The number of carbonyl (C=O) groups excluding carboxylic acids is 1. The van der Waals surface area contributed by atoms with Crippen LogP contribution in [0.15, 0.2) is 58.0 Å². The minimum Gasteiger partial charge on any atom is -0.331 e. The highest BCUT2D eigenvalue weighted by Crippen LogP contribution is 2.30. The average molecular weight is 586 g/mol. The molecule has 0 aromatic carbocycles. The van der Waals surface area contributed by atoms with Gasteiger partial charge in [-0.05, 0) is 83.8 Å². The number of carbonyl (C=O) groups is 1. The Hall–Kier alpha value is -2.65. The first kappa shape index (κ1) is 24.5. The summed E-state index contributed by atoms with van der Waals surface area (Å²) in [5.74, 6) is 0.849. The lowest BCUT2D eigenvalue weighted by molar-refractivity contribution is -0.122. The van der Waals surface area contributed by atoms with Gasteiger partial charge in [0.1, 0.15) is 11.6 Å². The van der Waals surface area contributed by atoms with E-state index in [1.165, 1.54) is 0 Å². The van der Waals surface area contributed by atoms with Gasteiger partial charge in [-0.1, -0.05) is 0 Å². The van der Waals surface area contributed by atoms with Gasteiger partial charge in [-0.3, -0.25) is 14.8 Å². The van der Waals surface area contributed by atoms with Crippen LogP contribution in [-0.2, 0) is 17.9 Å². The zero-order valence-corrected chi connectivity index (χ0v) is 22.7. The van der Waals surface area contributed by atoms with Gasteiger partial charge in [0, 0.05) is 58.2 Å². The van der Waals surface area contributed by atoms with E-state index in [-0.39, 0.29) is 5.78 Å². The Morgan fingerprint density at radius 2 is 1.12 bits per heavy atom. The second kappa shape index (κ2) is 10.3. The Kier molecular flexibility index (Phi) is 7.42. The highest BCUT2D eigenvalue weighted by Gasteiger charge is 2.33. The second-order valence-corrected chi connectivity index (χ2v) is 10.3. The highest BCUT2D eigenvalue weighted by atomic mass is 79.9. The Morgan fingerprint density at radius 1 is 0.706 bits per heavy atom. The molecule has 0 aliphatic rings. The number of aromatic nitrogens is 6. The molecule has 0 saturated carbocycles. The molecule has 0 spiro atoms. The molecule has 0 saturated heterocycles. The third-order valence-electron chi connectivity index (χ3n) is 6.14. The summed E-state index contributed by atoms with van der Waals surface area (Å²) in [6, 6.07) is 7.67. The molecule has 2 unspecified atom stereocenters. The molecule has 34 heavy (non-hydrogen) atoms. The van der Waals surface area contributed by atoms with E-state index in [4.69, 9.17) is 0 Å². The van der Waals surface area contributed by atoms with Gasteiger partial charge in [0.2, 0.25) is 0 Å². The molecular weight excluding hydrogens is 560 g/mol. The topological polar surface area (TPSA) is 78.5 Å². The van der Waals surface area contributed by atoms with Crippen molar-refractivity contribution in [1.29, 1.82) is 0 Å². The normalized spacial score (nSPS) is 13.1. The van der Waals surface area contributed by atoms with Gasteiger partial charge in [-0.25, -0.2) is 9.97 Å². The highest BCUT2D eigenvalue weighted by molar-refractivity contribution is 9.10. The van der Waals surface area contributed by atoms with E-state index in [2.05, 4.69) is 60.9 Å². The van der Waals surface area contributed by atoms with E-state index in [1.54, 1.807) is 12.4 Å². The molecule has 4 aromatic heterocycles. The van der Waals surface area contributed by atoms with Crippen molar-refractivity contribution < 1.29 is 4.79 Å². The summed E-state index contributed by atoms with van der Waals surface area (Å²) < 4.78 is 5.89. The minimum atomic E-state index is -0.473. The van der Waals surface area contributed by atoms with Crippen LogP contribution in [0.25, 0.3) is 0 Å². The van der Waals surface area contributed by atoms with Gasteiger partial charge < -0.3 is 9.13 Å². The number of aryl methyl sites for hydroxylation is 4. The van der Waals surface area contributed by atoms with Crippen LogP contribution in [0.5, 0.6) is 0 Å². The van der Waals surface area contributed by atoms with Crippen molar-refractivity contribution >= 4 is 37.6 Å². The van der Waals surface area contributed by atoms with Crippen molar-refractivity contribution in [2.24, 2.45) is 0 Å². The predicted octanol–water partition coefficient (Wildman–Crippen LogP) is 5.47. The van der Waals surface area contributed by atoms with E-state index in [0.29, 0.717) is 13.1 Å². The van der Waals surface area contributed by atoms with Gasteiger partial charge in [0.05, 0.1) is 23.2 Å². The van der Waals surface area contributed by atoms with E-state index in [0.717, 1.165) is 43.4 Å². The summed E-state index contributed by atoms with van der Waals surface area (Å²) in [6.07, 6.45) is 7.14. The number of hydrogen-bond donors (Lipinski definition) is 0. The van der Waals surface area contributed by atoms with Gasteiger partial charge in [0.15, 0.2) is 5.78 Å². The Morgan fingerprint density at radius 3 is 1.41 bits per heavy atom. The van der Waals surface area contributed by atoms with E-state index in [9.17, 15) is 4.79 Å². The lowest BCUT2D eigenvalue weighted by atomic mass is 9.87. The van der Waals surface area contributed by atoms with Crippen LogP contribution < -0.4 is 0 Å². The zero-order valence-electron chi connectivity index (χ0n) is 19.5. The first-order valence-corrected chi connectivity index (χ1v) is 12.6. The number of imidazole rings is 2. The van der Waals surface area contributed by atoms with Crippen molar-refractivity contribution in [3.8, 4) is 0 Å². The fourth-order valence-electron chi connectivity index (χ4n) is 4.17. The molecule has 9 heteroatoms. The fraction of sp³-hybridized carbons (Fsp3) is 0.320. The summed E-state index contributed by atoms with van der Waals surface area (Å²) >= 11 is 6.91. The third kappa shape index (κ3) is 5.20. The largest absolute Gasteiger partial charge is 0.331 e. The van der Waals surface area contributed by atoms with E-state index >= 15 is 0 Å². The number of rotatable bonds is 8. The zero-order chi connectivity index (χ0) is 24.4. The van der Waals surface area contributed by atoms with Crippen molar-refractivity contribution in [2.45, 2.75) is 52.6 Å². The van der Waals surface area contributed by atoms with Gasteiger partial charge in [0.25, 0.3) is 0 Å². The fourth-order valence-corrected chi connectivity index (χ4v) is 4.64. The molecule has 0 fully saturated rings. The lowest BCUT2D eigenvalue weighted by Crippen LogP contribution is -2.29. The average Bonchev–Trinajstić information content (AvgIpc) is 3.31. The number of nitrogens with zero attached hydrogens (tertiary/aromatic N) is 6. The Bertz CT molecular complexity index is 1160. The third-order valence-corrected chi connectivity index (χ3v) is 7.08. The van der Waals surface area contributed by atoms with Crippen LogP contribution in [0.3, 0.4) is 0 Å². The first-order valence-electron chi connectivity index (χ1n) is 11.0. The summed E-state index contributed by atoms with van der Waals surface area (Å²) in [6.45, 7) is 8.83. The molecule has 0 radical (unpaired) electrons. The molecule has 4 rings (SSSR count). The minimum absolute atomic E-state index is 0.0599. The number of hydrogen-bond acceptors (Lipinski definition) is 5. The monoisotopic (exact) mass is 584 g/mol. The molecule has 0 bridgehead atoms. The molecule has 7 nitrogen and oxygen atoms in total. The number of pyridine rings is 2. The van der Waals surface area contributed by atoms with Crippen LogP contribution in [0.2, 0.25) is 0 Å². The second-order valence-electron chi connectivity index (χ2n) is 8.42. The molecule has 2 atom stereocenters. The smallest absolute Gasteiger partial charge is 0.154 e. The maximum Gasteiger partial charge on any atom is 0.154 e. The molecule has 4 aromatic rings. The molecule has 0 aliphatic carbocycles. The van der Waals surface area contributed by atoms with Crippen LogP contribution in [0.4, 0.5) is 0 Å². The first-order chi connectivity index (χ1) is 16.2. The van der Waals surface area contributed by atoms with Gasteiger partial charge >= 0.3 is 0 Å². The number of halogens is 2.